The predicted octanol–water partition coefficient (Wildman–Crippen LogP) is 3.35. The molecule has 116 valence electrons. The number of anilines is 1. The van der Waals surface area contributed by atoms with Crippen LogP contribution < -0.4 is 14.4 Å². The van der Waals surface area contributed by atoms with E-state index in [-0.39, 0.29) is 6.61 Å². The van der Waals surface area contributed by atoms with Gasteiger partial charge in [0.15, 0.2) is 0 Å². The maximum absolute atomic E-state index is 11.5. The molecular formula is C17H19NO4. The van der Waals surface area contributed by atoms with Crippen LogP contribution in [0, 0.1) is 0 Å². The largest absolute Gasteiger partial charge is 0.513 e. The molecular weight excluding hydrogens is 282 g/mol. The minimum atomic E-state index is -0.703. The van der Waals surface area contributed by atoms with Crippen LogP contribution in [0.15, 0.2) is 54.6 Å². The van der Waals surface area contributed by atoms with Crippen molar-refractivity contribution in [2.24, 2.45) is 0 Å². The molecule has 0 aliphatic carbocycles. The van der Waals surface area contributed by atoms with Gasteiger partial charge < -0.3 is 19.1 Å². The molecule has 0 unspecified atom stereocenters. The van der Waals surface area contributed by atoms with Gasteiger partial charge in [0.1, 0.15) is 18.1 Å². The third-order valence-electron chi connectivity index (χ3n) is 3.09. The number of likely N-dealkylation sites (N-methyl/N-ethyl adjacent to an activating group) is 1. The van der Waals surface area contributed by atoms with Gasteiger partial charge >= 0.3 is 6.16 Å². The molecule has 0 heterocycles. The molecule has 0 bridgehead atoms. The van der Waals surface area contributed by atoms with Crippen molar-refractivity contribution in [3.63, 3.8) is 0 Å². The first-order valence-corrected chi connectivity index (χ1v) is 6.94. The van der Waals surface area contributed by atoms with E-state index in [1.165, 1.54) is 0 Å². The number of carbonyl (C=O) groups is 1. The third kappa shape index (κ3) is 4.70. The number of nitrogens with zero attached hydrogens (tertiary/aromatic N) is 1. The molecule has 0 aromatic heterocycles. The second kappa shape index (κ2) is 7.93. The van der Waals surface area contributed by atoms with Gasteiger partial charge in [-0.3, -0.25) is 0 Å². The van der Waals surface area contributed by atoms with Gasteiger partial charge in [-0.1, -0.05) is 24.3 Å². The molecule has 0 fully saturated rings. The number of para-hydroxylation sites is 1. The van der Waals surface area contributed by atoms with Crippen LogP contribution in [-0.2, 0) is 4.74 Å². The minimum absolute atomic E-state index is 0.235. The highest BCUT2D eigenvalue weighted by atomic mass is 16.7. The summed E-state index contributed by atoms with van der Waals surface area (Å²) in [6.45, 7) is 0.788. The van der Waals surface area contributed by atoms with Crippen molar-refractivity contribution < 1.29 is 19.0 Å². The lowest BCUT2D eigenvalue weighted by Gasteiger charge is -2.19. The number of hydrogen-bond donors (Lipinski definition) is 0. The first-order valence-electron chi connectivity index (χ1n) is 6.94. The molecule has 2 rings (SSSR count). The fourth-order valence-corrected chi connectivity index (χ4v) is 1.86. The number of hydrogen-bond acceptors (Lipinski definition) is 5. The summed E-state index contributed by atoms with van der Waals surface area (Å²) >= 11 is 0. The number of rotatable bonds is 6. The Bertz CT molecular complexity index is 601. The minimum Gasteiger partial charge on any atom is -0.497 e. The van der Waals surface area contributed by atoms with Crippen molar-refractivity contribution in [2.75, 3.05) is 32.2 Å². The molecule has 0 atom stereocenters. The van der Waals surface area contributed by atoms with E-state index in [4.69, 9.17) is 14.2 Å². The van der Waals surface area contributed by atoms with Crippen molar-refractivity contribution in [3.05, 3.63) is 54.6 Å². The van der Waals surface area contributed by atoms with Crippen LogP contribution in [0.5, 0.6) is 11.5 Å². The Hall–Kier alpha value is -2.69. The molecule has 2 aromatic carbocycles. The maximum atomic E-state index is 11.5. The fraction of sp³-hybridized carbons (Fsp3) is 0.235. The topological polar surface area (TPSA) is 48.0 Å². The van der Waals surface area contributed by atoms with Crippen LogP contribution in [-0.4, -0.2) is 33.5 Å². The number of methoxy groups -OCH3 is 1. The highest BCUT2D eigenvalue weighted by molar-refractivity contribution is 5.63. The highest BCUT2D eigenvalue weighted by Gasteiger charge is 2.07. The molecule has 22 heavy (non-hydrogen) atoms. The zero-order chi connectivity index (χ0) is 15.8. The normalized spacial score (nSPS) is 9.91. The van der Waals surface area contributed by atoms with E-state index in [9.17, 15) is 4.79 Å². The molecule has 0 N–H and O–H groups in total. The zero-order valence-corrected chi connectivity index (χ0v) is 12.7. The van der Waals surface area contributed by atoms with Crippen LogP contribution in [0.1, 0.15) is 0 Å². The van der Waals surface area contributed by atoms with Crippen LogP contribution in [0.2, 0.25) is 0 Å². The van der Waals surface area contributed by atoms with Gasteiger partial charge in [0.05, 0.1) is 13.7 Å². The third-order valence-corrected chi connectivity index (χ3v) is 3.09. The summed E-state index contributed by atoms with van der Waals surface area (Å²) in [5.74, 6) is 1.25. The van der Waals surface area contributed by atoms with E-state index < -0.39 is 6.16 Å². The molecule has 2 aromatic rings. The van der Waals surface area contributed by atoms with Crippen molar-refractivity contribution in [3.8, 4) is 11.5 Å². The Kier molecular flexibility index (Phi) is 5.65. The number of benzene rings is 2. The Morgan fingerprint density at radius 1 is 1.05 bits per heavy atom. The van der Waals surface area contributed by atoms with E-state index in [0.29, 0.717) is 12.3 Å². The van der Waals surface area contributed by atoms with Gasteiger partial charge in [-0.2, -0.15) is 0 Å². The molecule has 0 aliphatic heterocycles. The van der Waals surface area contributed by atoms with Crippen molar-refractivity contribution in [1.82, 2.24) is 0 Å². The molecule has 5 nitrogen and oxygen atoms in total. The van der Waals surface area contributed by atoms with Gasteiger partial charge in [-0.15, -0.1) is 0 Å². The molecule has 0 saturated heterocycles. The summed E-state index contributed by atoms with van der Waals surface area (Å²) in [7, 11) is 3.54. The van der Waals surface area contributed by atoms with E-state index in [1.54, 1.807) is 31.4 Å². The molecule has 0 spiro atoms. The Labute approximate surface area is 130 Å². The number of ether oxygens (including phenoxy) is 3. The van der Waals surface area contributed by atoms with Gasteiger partial charge in [-0.05, 0) is 24.3 Å². The number of carbonyl (C=O) groups excluding carboxylic acids is 1. The second-order valence-corrected chi connectivity index (χ2v) is 4.64. The Morgan fingerprint density at radius 2 is 1.77 bits per heavy atom. The van der Waals surface area contributed by atoms with E-state index >= 15 is 0 Å². The van der Waals surface area contributed by atoms with Crippen molar-refractivity contribution in [2.45, 2.75) is 0 Å². The molecule has 0 radical (unpaired) electrons. The molecule has 0 saturated carbocycles. The quantitative estimate of drug-likeness (QED) is 0.605. The first kappa shape index (κ1) is 15.7. The van der Waals surface area contributed by atoms with E-state index in [2.05, 4.69) is 0 Å². The average molecular weight is 301 g/mol. The van der Waals surface area contributed by atoms with E-state index in [0.717, 1.165) is 11.4 Å². The lowest BCUT2D eigenvalue weighted by Crippen LogP contribution is -2.24. The second-order valence-electron chi connectivity index (χ2n) is 4.64. The highest BCUT2D eigenvalue weighted by Crippen LogP contribution is 2.19. The first-order chi connectivity index (χ1) is 10.7. The Balaban J connectivity index is 1.76. The zero-order valence-electron chi connectivity index (χ0n) is 12.7. The van der Waals surface area contributed by atoms with Crippen LogP contribution in [0.4, 0.5) is 10.5 Å². The van der Waals surface area contributed by atoms with Gasteiger partial charge in [0.2, 0.25) is 0 Å². The monoisotopic (exact) mass is 301 g/mol. The van der Waals surface area contributed by atoms with Crippen LogP contribution in [0.3, 0.4) is 0 Å². The lowest BCUT2D eigenvalue weighted by atomic mass is 10.3. The molecule has 5 heteroatoms. The summed E-state index contributed by atoms with van der Waals surface area (Å²) in [4.78, 5) is 13.5. The SMILES string of the molecule is COc1cccc(N(C)CCOC(=O)Oc2ccccc2)c1. The van der Waals surface area contributed by atoms with Crippen molar-refractivity contribution in [1.29, 1.82) is 0 Å². The van der Waals surface area contributed by atoms with Crippen molar-refractivity contribution >= 4 is 11.8 Å². The summed E-state index contributed by atoms with van der Waals surface area (Å²) in [6, 6.07) is 16.5. The van der Waals surface area contributed by atoms with Gasteiger partial charge in [0.25, 0.3) is 0 Å². The predicted molar refractivity (Wildman–Crippen MR) is 84.7 cm³/mol. The molecule has 0 aliphatic rings. The molecule has 0 amide bonds. The fourth-order valence-electron chi connectivity index (χ4n) is 1.86. The van der Waals surface area contributed by atoms with Gasteiger partial charge in [-0.25, -0.2) is 4.79 Å². The van der Waals surface area contributed by atoms with Crippen LogP contribution in [0.25, 0.3) is 0 Å². The Morgan fingerprint density at radius 3 is 2.50 bits per heavy atom. The van der Waals surface area contributed by atoms with Gasteiger partial charge in [0, 0.05) is 18.8 Å². The summed E-state index contributed by atoms with van der Waals surface area (Å²) < 4.78 is 15.3. The standard InChI is InChI=1S/C17H19NO4/c1-18(14-7-6-10-16(13-14)20-2)11-12-21-17(19)22-15-8-4-3-5-9-15/h3-10,13H,11-12H2,1-2H3. The average Bonchev–Trinajstić information content (AvgIpc) is 2.55. The lowest BCUT2D eigenvalue weighted by molar-refractivity contribution is 0.102. The summed E-state index contributed by atoms with van der Waals surface area (Å²) in [6.07, 6.45) is -0.703. The summed E-state index contributed by atoms with van der Waals surface area (Å²) in [5.41, 5.74) is 0.986. The smallest absolute Gasteiger partial charge is 0.497 e. The van der Waals surface area contributed by atoms with Crippen LogP contribution >= 0.6 is 0 Å². The van der Waals surface area contributed by atoms with E-state index in [1.807, 2.05) is 42.3 Å². The maximum Gasteiger partial charge on any atom is 0.513 e. The summed E-state index contributed by atoms with van der Waals surface area (Å²) in [5, 5.41) is 0.